The molecule has 0 amide bonds. The number of unbranched alkanes of at least 4 members (excludes halogenated alkanes) is 3. The maximum Gasteiger partial charge on any atom is 0.119 e. The minimum atomic E-state index is 0.407. The van der Waals surface area contributed by atoms with Crippen LogP contribution in [0.15, 0.2) is 30.3 Å². The highest BCUT2D eigenvalue weighted by atomic mass is 16.5. The molecule has 0 fully saturated rings. The van der Waals surface area contributed by atoms with Crippen molar-refractivity contribution in [2.75, 3.05) is 6.61 Å². The Hall–Kier alpha value is -2.52. The molecular formula is C18H18N2O. The van der Waals surface area contributed by atoms with E-state index in [1.165, 1.54) is 19.3 Å². The molecule has 0 bridgehead atoms. The van der Waals surface area contributed by atoms with E-state index in [-0.39, 0.29) is 0 Å². The van der Waals surface area contributed by atoms with Crippen molar-refractivity contribution in [3.05, 3.63) is 41.5 Å². The van der Waals surface area contributed by atoms with E-state index < -0.39 is 0 Å². The van der Waals surface area contributed by atoms with Gasteiger partial charge in [0.05, 0.1) is 17.7 Å². The van der Waals surface area contributed by atoms with E-state index in [1.54, 1.807) is 12.1 Å². The molecule has 0 atom stereocenters. The van der Waals surface area contributed by atoms with Gasteiger partial charge in [0.15, 0.2) is 0 Å². The zero-order chi connectivity index (χ0) is 15.1. The van der Waals surface area contributed by atoms with Crippen LogP contribution >= 0.6 is 0 Å². The first kappa shape index (κ1) is 14.9. The summed E-state index contributed by atoms with van der Waals surface area (Å²) in [5, 5.41) is 20.0. The number of benzene rings is 2. The van der Waals surface area contributed by atoms with E-state index in [0.29, 0.717) is 17.7 Å². The Morgan fingerprint density at radius 2 is 1.62 bits per heavy atom. The Morgan fingerprint density at radius 1 is 0.905 bits per heavy atom. The molecule has 0 heterocycles. The number of rotatable bonds is 6. The topological polar surface area (TPSA) is 56.8 Å². The third kappa shape index (κ3) is 3.74. The molecular weight excluding hydrogens is 260 g/mol. The van der Waals surface area contributed by atoms with Crippen molar-refractivity contribution in [3.63, 3.8) is 0 Å². The first-order valence-corrected chi connectivity index (χ1v) is 7.29. The first-order valence-electron chi connectivity index (χ1n) is 7.29. The van der Waals surface area contributed by atoms with Crippen molar-refractivity contribution < 1.29 is 4.74 Å². The van der Waals surface area contributed by atoms with E-state index in [2.05, 4.69) is 19.1 Å². The number of hydrogen-bond donors (Lipinski definition) is 0. The molecule has 3 heteroatoms. The van der Waals surface area contributed by atoms with Crippen LogP contribution in [0.25, 0.3) is 10.8 Å². The van der Waals surface area contributed by atoms with E-state index >= 15 is 0 Å². The van der Waals surface area contributed by atoms with Gasteiger partial charge in [0.1, 0.15) is 17.9 Å². The molecule has 0 saturated heterocycles. The largest absolute Gasteiger partial charge is 0.494 e. The molecule has 0 aromatic heterocycles. The van der Waals surface area contributed by atoms with Crippen molar-refractivity contribution in [1.29, 1.82) is 10.5 Å². The Morgan fingerprint density at radius 3 is 2.29 bits per heavy atom. The van der Waals surface area contributed by atoms with Crippen molar-refractivity contribution in [3.8, 4) is 17.9 Å². The highest BCUT2D eigenvalue weighted by Gasteiger charge is 2.05. The number of nitrogens with zero attached hydrogens (tertiary/aromatic N) is 2. The third-order valence-electron chi connectivity index (χ3n) is 3.46. The Balaban J connectivity index is 2.14. The zero-order valence-corrected chi connectivity index (χ0v) is 12.2. The monoisotopic (exact) mass is 278 g/mol. The van der Waals surface area contributed by atoms with Crippen LogP contribution in [0.5, 0.6) is 5.75 Å². The summed E-state index contributed by atoms with van der Waals surface area (Å²) in [5.74, 6) is 0.813. The molecule has 106 valence electrons. The van der Waals surface area contributed by atoms with Crippen molar-refractivity contribution in [2.24, 2.45) is 0 Å². The molecule has 2 aromatic rings. The van der Waals surface area contributed by atoms with Crippen molar-refractivity contribution in [2.45, 2.75) is 32.6 Å². The summed E-state index contributed by atoms with van der Waals surface area (Å²) in [6.07, 6.45) is 4.70. The van der Waals surface area contributed by atoms with Crippen LogP contribution in [-0.4, -0.2) is 6.61 Å². The smallest absolute Gasteiger partial charge is 0.119 e. The van der Waals surface area contributed by atoms with Crippen LogP contribution in [0.2, 0.25) is 0 Å². The summed E-state index contributed by atoms with van der Waals surface area (Å²) < 4.78 is 5.74. The zero-order valence-electron chi connectivity index (χ0n) is 12.2. The predicted octanol–water partition coefficient (Wildman–Crippen LogP) is 4.54. The Bertz CT molecular complexity index is 707. The molecule has 0 spiro atoms. The number of ether oxygens (including phenoxy) is 1. The molecule has 0 N–H and O–H groups in total. The maximum atomic E-state index is 9.07. The molecule has 21 heavy (non-hydrogen) atoms. The summed E-state index contributed by atoms with van der Waals surface area (Å²) in [6, 6.07) is 13.4. The minimum Gasteiger partial charge on any atom is -0.494 e. The van der Waals surface area contributed by atoms with Gasteiger partial charge in [-0.3, -0.25) is 0 Å². The fraction of sp³-hybridized carbons (Fsp3) is 0.333. The SMILES string of the molecule is CCCCCCOc1ccc2cc(C#N)c(C#N)cc2c1. The van der Waals surface area contributed by atoms with Crippen LogP contribution in [0.1, 0.15) is 43.7 Å². The van der Waals surface area contributed by atoms with Gasteiger partial charge in [0.2, 0.25) is 0 Å². The summed E-state index contributed by atoms with van der Waals surface area (Å²) >= 11 is 0. The molecule has 0 unspecified atom stereocenters. The number of nitriles is 2. The van der Waals surface area contributed by atoms with Gasteiger partial charge in [-0.1, -0.05) is 32.3 Å². The summed E-state index contributed by atoms with van der Waals surface area (Å²) in [6.45, 7) is 2.90. The molecule has 0 aliphatic carbocycles. The van der Waals surface area contributed by atoms with Crippen LogP contribution < -0.4 is 4.74 Å². The summed E-state index contributed by atoms with van der Waals surface area (Å²) in [5.41, 5.74) is 0.823. The predicted molar refractivity (Wildman–Crippen MR) is 83.0 cm³/mol. The van der Waals surface area contributed by atoms with Crippen LogP contribution in [0, 0.1) is 22.7 Å². The first-order chi connectivity index (χ1) is 10.3. The van der Waals surface area contributed by atoms with Gasteiger partial charge in [0, 0.05) is 0 Å². The molecule has 0 saturated carbocycles. The number of fused-ring (bicyclic) bond motifs is 1. The standard InChI is InChI=1S/C18H18N2O/c1-2-3-4-5-8-21-18-7-6-14-9-16(12-19)17(13-20)10-15(14)11-18/h6-7,9-11H,2-5,8H2,1H3. The lowest BCUT2D eigenvalue weighted by Gasteiger charge is -2.08. The van der Waals surface area contributed by atoms with Gasteiger partial charge < -0.3 is 4.74 Å². The lowest BCUT2D eigenvalue weighted by Crippen LogP contribution is -1.97. The van der Waals surface area contributed by atoms with Gasteiger partial charge in [-0.05, 0) is 41.5 Å². The number of hydrogen-bond acceptors (Lipinski definition) is 3. The van der Waals surface area contributed by atoms with E-state index in [9.17, 15) is 0 Å². The van der Waals surface area contributed by atoms with Gasteiger partial charge in [0.25, 0.3) is 0 Å². The van der Waals surface area contributed by atoms with E-state index in [0.717, 1.165) is 22.9 Å². The fourth-order valence-electron chi connectivity index (χ4n) is 2.27. The van der Waals surface area contributed by atoms with Crippen LogP contribution in [0.3, 0.4) is 0 Å². The highest BCUT2D eigenvalue weighted by molar-refractivity contribution is 5.87. The fourth-order valence-corrected chi connectivity index (χ4v) is 2.27. The van der Waals surface area contributed by atoms with E-state index in [4.69, 9.17) is 15.3 Å². The normalized spacial score (nSPS) is 10.0. The van der Waals surface area contributed by atoms with E-state index in [1.807, 2.05) is 18.2 Å². The third-order valence-corrected chi connectivity index (χ3v) is 3.46. The summed E-state index contributed by atoms with van der Waals surface area (Å²) in [4.78, 5) is 0. The van der Waals surface area contributed by atoms with Crippen LogP contribution in [-0.2, 0) is 0 Å². The molecule has 2 aromatic carbocycles. The minimum absolute atomic E-state index is 0.407. The average Bonchev–Trinajstić information content (AvgIpc) is 2.53. The molecule has 0 radical (unpaired) electrons. The highest BCUT2D eigenvalue weighted by Crippen LogP contribution is 2.24. The lowest BCUT2D eigenvalue weighted by molar-refractivity contribution is 0.305. The maximum absolute atomic E-state index is 9.07. The Kier molecular flexibility index (Phi) is 5.18. The Labute approximate surface area is 125 Å². The van der Waals surface area contributed by atoms with Gasteiger partial charge in [-0.25, -0.2) is 0 Å². The molecule has 0 aliphatic heterocycles. The molecule has 2 rings (SSSR count). The molecule has 0 aliphatic rings. The van der Waals surface area contributed by atoms with Crippen molar-refractivity contribution in [1.82, 2.24) is 0 Å². The quantitative estimate of drug-likeness (QED) is 0.729. The lowest BCUT2D eigenvalue weighted by atomic mass is 10.0. The average molecular weight is 278 g/mol. The van der Waals surface area contributed by atoms with Gasteiger partial charge in [-0.15, -0.1) is 0 Å². The second-order valence-electron chi connectivity index (χ2n) is 5.04. The van der Waals surface area contributed by atoms with Crippen LogP contribution in [0.4, 0.5) is 0 Å². The second kappa shape index (κ2) is 7.31. The van der Waals surface area contributed by atoms with Crippen molar-refractivity contribution >= 4 is 10.8 Å². The van der Waals surface area contributed by atoms with Gasteiger partial charge >= 0.3 is 0 Å². The van der Waals surface area contributed by atoms with Gasteiger partial charge in [-0.2, -0.15) is 10.5 Å². The second-order valence-corrected chi connectivity index (χ2v) is 5.04. The summed E-state index contributed by atoms with van der Waals surface area (Å²) in [7, 11) is 0. The molecule has 3 nitrogen and oxygen atoms in total.